The molecular weight excluding hydrogens is 226 g/mol. The van der Waals surface area contributed by atoms with Gasteiger partial charge in [0, 0.05) is 18.4 Å². The summed E-state index contributed by atoms with van der Waals surface area (Å²) < 4.78 is 5.41. The quantitative estimate of drug-likeness (QED) is 0.871. The molecule has 1 heterocycles. The van der Waals surface area contributed by atoms with E-state index in [1.165, 1.54) is 32.1 Å². The van der Waals surface area contributed by atoms with Gasteiger partial charge in [0.2, 0.25) is 5.89 Å². The van der Waals surface area contributed by atoms with Crippen molar-refractivity contribution < 1.29 is 4.52 Å². The number of aromatic nitrogens is 2. The summed E-state index contributed by atoms with van der Waals surface area (Å²) in [5.74, 6) is 3.83. The molecule has 4 heteroatoms. The fourth-order valence-corrected chi connectivity index (χ4v) is 3.24. The van der Waals surface area contributed by atoms with Gasteiger partial charge < -0.3 is 9.84 Å². The van der Waals surface area contributed by atoms with Crippen molar-refractivity contribution in [2.24, 2.45) is 11.8 Å². The molecule has 2 aliphatic carbocycles. The zero-order chi connectivity index (χ0) is 12.5. The van der Waals surface area contributed by atoms with E-state index in [1.807, 2.05) is 7.05 Å². The Morgan fingerprint density at radius 1 is 1.39 bits per heavy atom. The largest absolute Gasteiger partial charge is 0.339 e. The van der Waals surface area contributed by atoms with Crippen LogP contribution in [0, 0.1) is 11.8 Å². The average Bonchev–Trinajstić information content (AvgIpc) is 2.86. The van der Waals surface area contributed by atoms with Crippen LogP contribution in [-0.4, -0.2) is 23.2 Å². The lowest BCUT2D eigenvalue weighted by molar-refractivity contribution is 0.317. The number of hydrogen-bond acceptors (Lipinski definition) is 4. The molecule has 2 saturated carbocycles. The van der Waals surface area contributed by atoms with Crippen molar-refractivity contribution in [2.45, 2.75) is 57.4 Å². The van der Waals surface area contributed by atoms with Crippen LogP contribution in [0.4, 0.5) is 0 Å². The summed E-state index contributed by atoms with van der Waals surface area (Å²) >= 11 is 0. The molecule has 100 valence electrons. The molecule has 1 N–H and O–H groups in total. The molecule has 4 nitrogen and oxygen atoms in total. The summed E-state index contributed by atoms with van der Waals surface area (Å²) in [6.07, 6.45) is 7.53. The summed E-state index contributed by atoms with van der Waals surface area (Å²) in [4.78, 5) is 4.56. The third-order valence-corrected chi connectivity index (χ3v) is 4.66. The van der Waals surface area contributed by atoms with Crippen molar-refractivity contribution in [3.05, 3.63) is 11.7 Å². The van der Waals surface area contributed by atoms with E-state index in [1.54, 1.807) is 0 Å². The third-order valence-electron chi connectivity index (χ3n) is 4.66. The number of rotatable bonds is 5. The molecule has 18 heavy (non-hydrogen) atoms. The van der Waals surface area contributed by atoms with Gasteiger partial charge in [0.15, 0.2) is 5.82 Å². The predicted octanol–water partition coefficient (Wildman–Crippen LogP) is 2.51. The summed E-state index contributed by atoms with van der Waals surface area (Å²) in [5.41, 5.74) is 0. The van der Waals surface area contributed by atoms with E-state index >= 15 is 0 Å². The third kappa shape index (κ3) is 2.44. The van der Waals surface area contributed by atoms with Crippen molar-refractivity contribution in [1.82, 2.24) is 15.5 Å². The molecule has 0 spiro atoms. The van der Waals surface area contributed by atoms with Gasteiger partial charge in [-0.15, -0.1) is 0 Å². The zero-order valence-electron chi connectivity index (χ0n) is 11.4. The molecule has 3 atom stereocenters. The Kier molecular flexibility index (Phi) is 3.37. The predicted molar refractivity (Wildman–Crippen MR) is 69.3 cm³/mol. The number of nitrogens with zero attached hydrogens (tertiary/aromatic N) is 2. The molecule has 0 aromatic carbocycles. The van der Waals surface area contributed by atoms with Gasteiger partial charge in [0.05, 0.1) is 0 Å². The lowest BCUT2D eigenvalue weighted by Gasteiger charge is -2.20. The minimum Gasteiger partial charge on any atom is -0.339 e. The minimum atomic E-state index is 0.498. The highest BCUT2D eigenvalue weighted by molar-refractivity contribution is 5.08. The first kappa shape index (κ1) is 12.2. The molecule has 0 bridgehead atoms. The van der Waals surface area contributed by atoms with Gasteiger partial charge in [0.25, 0.3) is 0 Å². The van der Waals surface area contributed by atoms with Gasteiger partial charge in [-0.05, 0) is 38.1 Å². The molecule has 0 radical (unpaired) electrons. The molecule has 1 aromatic rings. The summed E-state index contributed by atoms with van der Waals surface area (Å²) in [5, 5.41) is 7.56. The summed E-state index contributed by atoms with van der Waals surface area (Å²) in [7, 11) is 2.04. The molecule has 2 aliphatic rings. The Morgan fingerprint density at radius 3 is 2.72 bits per heavy atom. The second-order valence-electron chi connectivity index (χ2n) is 6.01. The smallest absolute Gasteiger partial charge is 0.228 e. The Balaban J connectivity index is 1.61. The van der Waals surface area contributed by atoms with Crippen LogP contribution in [0.5, 0.6) is 0 Å². The van der Waals surface area contributed by atoms with E-state index in [2.05, 4.69) is 22.4 Å². The lowest BCUT2D eigenvalue weighted by Crippen LogP contribution is -2.34. The standard InChI is InChI=1S/C14H23N3O/c1-9-7-11(9)14-16-13(18-17-14)8-12(15-2)10-5-3-4-6-10/h9-12,15H,3-8H2,1-2H3. The molecule has 0 aliphatic heterocycles. The fraction of sp³-hybridized carbons (Fsp3) is 0.857. The highest BCUT2D eigenvalue weighted by Gasteiger charge is 2.38. The molecule has 0 amide bonds. The van der Waals surface area contributed by atoms with Gasteiger partial charge in [0.1, 0.15) is 0 Å². The zero-order valence-corrected chi connectivity index (χ0v) is 11.4. The van der Waals surface area contributed by atoms with Gasteiger partial charge >= 0.3 is 0 Å². The monoisotopic (exact) mass is 249 g/mol. The Morgan fingerprint density at radius 2 is 2.11 bits per heavy atom. The maximum absolute atomic E-state index is 5.41. The average molecular weight is 249 g/mol. The van der Waals surface area contributed by atoms with E-state index in [-0.39, 0.29) is 0 Å². The van der Waals surface area contributed by atoms with E-state index < -0.39 is 0 Å². The van der Waals surface area contributed by atoms with Crippen LogP contribution in [0.3, 0.4) is 0 Å². The first-order chi connectivity index (χ1) is 8.78. The van der Waals surface area contributed by atoms with Crippen molar-refractivity contribution in [3.63, 3.8) is 0 Å². The van der Waals surface area contributed by atoms with Crippen LogP contribution in [-0.2, 0) is 6.42 Å². The Bertz CT molecular complexity index is 397. The van der Waals surface area contributed by atoms with Crippen LogP contribution < -0.4 is 5.32 Å². The molecule has 2 fully saturated rings. The maximum atomic E-state index is 5.41. The Labute approximate surface area is 109 Å². The molecular formula is C14H23N3O. The van der Waals surface area contributed by atoms with Crippen LogP contribution in [0.2, 0.25) is 0 Å². The summed E-state index contributed by atoms with van der Waals surface area (Å²) in [6.45, 7) is 2.25. The van der Waals surface area contributed by atoms with Crippen molar-refractivity contribution in [1.29, 1.82) is 0 Å². The van der Waals surface area contributed by atoms with Crippen LogP contribution in [0.1, 0.15) is 56.7 Å². The van der Waals surface area contributed by atoms with Crippen molar-refractivity contribution >= 4 is 0 Å². The second kappa shape index (κ2) is 5.00. The van der Waals surface area contributed by atoms with E-state index in [9.17, 15) is 0 Å². The number of likely N-dealkylation sites (N-methyl/N-ethyl adjacent to an activating group) is 1. The summed E-state index contributed by atoms with van der Waals surface area (Å²) in [6, 6.07) is 0.498. The maximum Gasteiger partial charge on any atom is 0.228 e. The number of hydrogen-bond donors (Lipinski definition) is 1. The fourth-order valence-electron chi connectivity index (χ4n) is 3.24. The van der Waals surface area contributed by atoms with Gasteiger partial charge in [-0.3, -0.25) is 0 Å². The second-order valence-corrected chi connectivity index (χ2v) is 6.01. The van der Waals surface area contributed by atoms with Crippen molar-refractivity contribution in [2.75, 3.05) is 7.05 Å². The van der Waals surface area contributed by atoms with E-state index in [4.69, 9.17) is 4.52 Å². The van der Waals surface area contributed by atoms with E-state index in [0.717, 1.165) is 30.0 Å². The van der Waals surface area contributed by atoms with Crippen LogP contribution in [0.15, 0.2) is 4.52 Å². The van der Waals surface area contributed by atoms with Gasteiger partial charge in [-0.1, -0.05) is 24.9 Å². The molecule has 3 rings (SSSR count). The highest BCUT2D eigenvalue weighted by atomic mass is 16.5. The lowest BCUT2D eigenvalue weighted by atomic mass is 9.95. The first-order valence-corrected chi connectivity index (χ1v) is 7.27. The Hall–Kier alpha value is -0.900. The molecule has 1 aromatic heterocycles. The molecule has 3 unspecified atom stereocenters. The van der Waals surface area contributed by atoms with Gasteiger partial charge in [-0.2, -0.15) is 4.98 Å². The minimum absolute atomic E-state index is 0.498. The first-order valence-electron chi connectivity index (χ1n) is 7.27. The van der Waals surface area contributed by atoms with E-state index in [0.29, 0.717) is 12.0 Å². The van der Waals surface area contributed by atoms with Gasteiger partial charge in [-0.25, -0.2) is 0 Å². The number of nitrogens with one attached hydrogen (secondary N) is 1. The topological polar surface area (TPSA) is 51.0 Å². The van der Waals surface area contributed by atoms with Crippen LogP contribution >= 0.6 is 0 Å². The SMILES string of the molecule is CNC(Cc1nc(C2CC2C)no1)C1CCCC1. The normalized spacial score (nSPS) is 29.7. The molecule has 0 saturated heterocycles. The highest BCUT2D eigenvalue weighted by Crippen LogP contribution is 2.45. The van der Waals surface area contributed by atoms with Crippen LogP contribution in [0.25, 0.3) is 0 Å². The van der Waals surface area contributed by atoms with Crippen molar-refractivity contribution in [3.8, 4) is 0 Å².